The molecule has 0 heterocycles. The number of carbonyl (C=O) groups is 4. The molecule has 17 nitrogen and oxygen atoms in total. The first kappa shape index (κ1) is 90.1. The molecule has 0 radical (unpaired) electrons. The molecule has 0 aliphatic rings. The Bertz CT molecular complexity index is 1790. The van der Waals surface area contributed by atoms with Gasteiger partial charge >= 0.3 is 39.5 Å². The predicted molar refractivity (Wildman–Crippen MR) is 372 cm³/mol. The number of hydrogen-bond donors (Lipinski definition) is 3. The van der Waals surface area contributed by atoms with E-state index in [0.29, 0.717) is 25.7 Å². The normalized spacial score (nSPS) is 14.7. The zero-order valence-corrected chi connectivity index (χ0v) is 61.6. The van der Waals surface area contributed by atoms with Crippen LogP contribution in [0.1, 0.15) is 375 Å². The maximum absolute atomic E-state index is 13.1. The lowest BCUT2D eigenvalue weighted by molar-refractivity contribution is -0.161. The molecule has 0 aromatic rings. The fourth-order valence-corrected chi connectivity index (χ4v) is 12.6. The van der Waals surface area contributed by atoms with Gasteiger partial charge in [0, 0.05) is 25.7 Å². The third-order valence-corrected chi connectivity index (χ3v) is 19.6. The molecule has 0 aliphatic heterocycles. The molecule has 0 bridgehead atoms. The first-order chi connectivity index (χ1) is 44.4. The van der Waals surface area contributed by atoms with Crippen LogP contribution < -0.4 is 0 Å². The number of aliphatic hydroxyl groups excluding tert-OH is 1. The van der Waals surface area contributed by atoms with Crippen LogP contribution in [0.4, 0.5) is 0 Å². The van der Waals surface area contributed by atoms with E-state index < -0.39 is 97.5 Å². The number of phosphoric ester groups is 2. The molecular weight excluding hydrogens is 1210 g/mol. The second-order valence-electron chi connectivity index (χ2n) is 26.8. The van der Waals surface area contributed by atoms with Gasteiger partial charge in [-0.2, -0.15) is 0 Å². The highest BCUT2D eigenvalue weighted by molar-refractivity contribution is 7.47. The van der Waals surface area contributed by atoms with E-state index in [2.05, 4.69) is 41.5 Å². The summed E-state index contributed by atoms with van der Waals surface area (Å²) < 4.78 is 68.4. The molecule has 0 aliphatic carbocycles. The molecule has 0 aromatic carbocycles. The van der Waals surface area contributed by atoms with Crippen molar-refractivity contribution in [2.24, 2.45) is 11.8 Å². The van der Waals surface area contributed by atoms with Gasteiger partial charge in [0.1, 0.15) is 19.3 Å². The van der Waals surface area contributed by atoms with Crippen LogP contribution in [0.5, 0.6) is 0 Å². The smallest absolute Gasteiger partial charge is 0.462 e. The Morgan fingerprint density at radius 3 is 0.772 bits per heavy atom. The fourth-order valence-electron chi connectivity index (χ4n) is 11.1. The first-order valence-electron chi connectivity index (χ1n) is 38.1. The van der Waals surface area contributed by atoms with Gasteiger partial charge in [0.05, 0.1) is 26.4 Å². The molecule has 3 N–H and O–H groups in total. The summed E-state index contributed by atoms with van der Waals surface area (Å²) in [5.41, 5.74) is 0. The van der Waals surface area contributed by atoms with Gasteiger partial charge in [-0.25, -0.2) is 9.13 Å². The summed E-state index contributed by atoms with van der Waals surface area (Å²) in [6.07, 6.45) is 51.2. The molecule has 0 amide bonds. The number of phosphoric acid groups is 2. The summed E-state index contributed by atoms with van der Waals surface area (Å²) in [5, 5.41) is 10.6. The van der Waals surface area contributed by atoms with Crippen molar-refractivity contribution in [3.63, 3.8) is 0 Å². The van der Waals surface area contributed by atoms with E-state index in [1.165, 1.54) is 186 Å². The number of hydrogen-bond acceptors (Lipinski definition) is 15. The van der Waals surface area contributed by atoms with Crippen LogP contribution in [0, 0.1) is 11.8 Å². The lowest BCUT2D eigenvalue weighted by atomic mass is 9.99. The largest absolute Gasteiger partial charge is 0.472 e. The molecule has 546 valence electrons. The van der Waals surface area contributed by atoms with Crippen molar-refractivity contribution < 1.29 is 80.2 Å². The predicted octanol–water partition coefficient (Wildman–Crippen LogP) is 21.2. The Hall–Kier alpha value is -1.94. The van der Waals surface area contributed by atoms with Crippen LogP contribution in [-0.2, 0) is 65.4 Å². The van der Waals surface area contributed by atoms with E-state index in [1.54, 1.807) is 0 Å². The van der Waals surface area contributed by atoms with Crippen molar-refractivity contribution in [2.75, 3.05) is 39.6 Å². The summed E-state index contributed by atoms with van der Waals surface area (Å²) >= 11 is 0. The minimum Gasteiger partial charge on any atom is -0.462 e. The van der Waals surface area contributed by atoms with E-state index >= 15 is 0 Å². The summed E-state index contributed by atoms with van der Waals surface area (Å²) in [5.74, 6) is -0.620. The van der Waals surface area contributed by atoms with Gasteiger partial charge in [0.2, 0.25) is 0 Å². The standard InChI is InChI=1S/C73H142O17P2/c1-7-11-13-15-17-19-21-23-25-27-29-31-36-43-49-55-70(75)83-61-68(89-72(77)57-51-45-37-32-30-28-26-24-22-20-18-16-14-12-8-2)63-87-91(79,80)85-59-67(74)60-86-92(81,82)88-64-69(62-84-71(76)56-50-44-40-39-42-48-54-66(6)10-4)90-73(78)58-52-46-38-34-33-35-41-47-53-65(5)9-3/h65-69,74H,7-64H2,1-6H3,(H,79,80)(H,81,82)/t65?,66?,67-,68-,69-/m1/s1. The van der Waals surface area contributed by atoms with Crippen molar-refractivity contribution in [2.45, 2.75) is 394 Å². The second kappa shape index (κ2) is 65.0. The molecule has 0 spiro atoms. The van der Waals surface area contributed by atoms with Crippen LogP contribution in [-0.4, -0.2) is 96.7 Å². The highest BCUT2D eigenvalue weighted by Gasteiger charge is 2.30. The van der Waals surface area contributed by atoms with Gasteiger partial charge < -0.3 is 33.8 Å². The average molecular weight is 1350 g/mol. The first-order valence-corrected chi connectivity index (χ1v) is 41.1. The number of ether oxygens (including phenoxy) is 4. The van der Waals surface area contributed by atoms with Crippen LogP contribution in [0.3, 0.4) is 0 Å². The van der Waals surface area contributed by atoms with Crippen LogP contribution in [0.2, 0.25) is 0 Å². The number of unbranched alkanes of at least 4 members (excludes halogenated alkanes) is 40. The van der Waals surface area contributed by atoms with E-state index in [9.17, 15) is 43.2 Å². The van der Waals surface area contributed by atoms with Gasteiger partial charge in [-0.1, -0.05) is 324 Å². The number of esters is 4. The minimum absolute atomic E-state index is 0.104. The molecule has 0 saturated carbocycles. The SMILES string of the molecule is CCCCCCCCCCCCCCCCCC(=O)OC[C@H](COP(=O)(O)OC[C@@H](O)COP(=O)(O)OC[C@@H](COC(=O)CCCCCCCCC(C)CC)OC(=O)CCCCCCCCCCC(C)CC)OC(=O)CCCCCCCCCCCCCCCCC. The van der Waals surface area contributed by atoms with Gasteiger partial charge in [-0.3, -0.25) is 37.3 Å². The Morgan fingerprint density at radius 1 is 0.304 bits per heavy atom. The Kier molecular flexibility index (Phi) is 63.7. The van der Waals surface area contributed by atoms with Crippen LogP contribution >= 0.6 is 15.6 Å². The molecule has 19 heteroatoms. The Morgan fingerprint density at radius 2 is 0.522 bits per heavy atom. The summed E-state index contributed by atoms with van der Waals surface area (Å²) in [6.45, 7) is 9.54. The zero-order valence-electron chi connectivity index (χ0n) is 59.9. The van der Waals surface area contributed by atoms with E-state index in [1.807, 2.05) is 0 Å². The fraction of sp³-hybridized carbons (Fsp3) is 0.945. The topological polar surface area (TPSA) is 237 Å². The summed E-state index contributed by atoms with van der Waals surface area (Å²) in [6, 6.07) is 0. The molecule has 0 aromatic heterocycles. The molecule has 0 saturated heterocycles. The van der Waals surface area contributed by atoms with E-state index in [-0.39, 0.29) is 25.7 Å². The van der Waals surface area contributed by atoms with Gasteiger partial charge in [0.15, 0.2) is 12.2 Å². The monoisotopic (exact) mass is 1350 g/mol. The number of rotatable bonds is 72. The van der Waals surface area contributed by atoms with Crippen molar-refractivity contribution in [1.82, 2.24) is 0 Å². The van der Waals surface area contributed by atoms with Gasteiger partial charge in [-0.05, 0) is 37.5 Å². The maximum atomic E-state index is 13.1. The summed E-state index contributed by atoms with van der Waals surface area (Å²) in [4.78, 5) is 72.7. The highest BCUT2D eigenvalue weighted by atomic mass is 31.2. The van der Waals surface area contributed by atoms with Gasteiger partial charge in [-0.15, -0.1) is 0 Å². The van der Waals surface area contributed by atoms with Crippen molar-refractivity contribution >= 4 is 39.5 Å². The van der Waals surface area contributed by atoms with Crippen LogP contribution in [0.25, 0.3) is 0 Å². The van der Waals surface area contributed by atoms with Crippen molar-refractivity contribution in [3.05, 3.63) is 0 Å². The van der Waals surface area contributed by atoms with Crippen molar-refractivity contribution in [1.29, 1.82) is 0 Å². The Labute approximate surface area is 562 Å². The molecule has 0 fully saturated rings. The average Bonchev–Trinajstić information content (AvgIpc) is 1.49. The van der Waals surface area contributed by atoms with E-state index in [4.69, 9.17) is 37.0 Å². The molecule has 4 unspecified atom stereocenters. The summed E-state index contributed by atoms with van der Waals surface area (Å²) in [7, 11) is -9.91. The van der Waals surface area contributed by atoms with Crippen LogP contribution in [0.15, 0.2) is 0 Å². The lowest BCUT2D eigenvalue weighted by Crippen LogP contribution is -2.30. The maximum Gasteiger partial charge on any atom is 0.472 e. The Balaban J connectivity index is 5.26. The second-order valence-corrected chi connectivity index (χ2v) is 29.7. The third-order valence-electron chi connectivity index (χ3n) is 17.7. The quantitative estimate of drug-likeness (QED) is 0.0222. The highest BCUT2D eigenvalue weighted by Crippen LogP contribution is 2.45. The molecule has 7 atom stereocenters. The van der Waals surface area contributed by atoms with Crippen molar-refractivity contribution in [3.8, 4) is 0 Å². The minimum atomic E-state index is -4.95. The van der Waals surface area contributed by atoms with E-state index in [0.717, 1.165) is 108 Å². The molecular formula is C73H142O17P2. The number of aliphatic hydroxyl groups is 1. The zero-order chi connectivity index (χ0) is 67.9. The molecule has 0 rings (SSSR count). The number of carbonyl (C=O) groups excluding carboxylic acids is 4. The third kappa shape index (κ3) is 64.1. The van der Waals surface area contributed by atoms with Gasteiger partial charge in [0.25, 0.3) is 0 Å². The molecule has 92 heavy (non-hydrogen) atoms. The lowest BCUT2D eigenvalue weighted by Gasteiger charge is -2.21.